The number of aromatic nitrogens is 1. The lowest BCUT2D eigenvalue weighted by atomic mass is 9.67. The summed E-state index contributed by atoms with van der Waals surface area (Å²) in [6.45, 7) is 4.35. The van der Waals surface area contributed by atoms with Gasteiger partial charge in [-0.25, -0.2) is 0 Å². The van der Waals surface area contributed by atoms with Gasteiger partial charge in [-0.2, -0.15) is 0 Å². The first-order chi connectivity index (χ1) is 29.9. The van der Waals surface area contributed by atoms with Gasteiger partial charge in [0.25, 0.3) is 0 Å². The lowest BCUT2D eigenvalue weighted by Gasteiger charge is -2.34. The van der Waals surface area contributed by atoms with E-state index >= 15 is 0 Å². The highest BCUT2D eigenvalue weighted by Gasteiger charge is 2.48. The van der Waals surface area contributed by atoms with E-state index in [2.05, 4.69) is 250 Å². The maximum Gasteiger partial charge on any atom is 0.0713 e. The molecule has 3 heteroatoms. The second-order valence-electron chi connectivity index (χ2n) is 16.8. The van der Waals surface area contributed by atoms with Gasteiger partial charge in [-0.15, -0.1) is 0 Å². The zero-order valence-corrected chi connectivity index (χ0v) is 36.9. The number of rotatable bonds is 5. The fourth-order valence-electron chi connectivity index (χ4n) is 11.0. The predicted molar refractivity (Wildman–Crippen MR) is 260 cm³/mol. The molecule has 0 N–H and O–H groups in total. The number of benzene rings is 9. The van der Waals surface area contributed by atoms with Crippen LogP contribution in [0.25, 0.3) is 49.7 Å². The number of halogens is 2. The largest absolute Gasteiger partial charge is 0.309 e. The van der Waals surface area contributed by atoms with Crippen LogP contribution < -0.4 is 0 Å². The molecule has 9 aromatic carbocycles. The zero-order valence-electron chi connectivity index (χ0n) is 33.8. The van der Waals surface area contributed by atoms with E-state index in [1.54, 1.807) is 0 Å². The van der Waals surface area contributed by atoms with E-state index in [0.29, 0.717) is 0 Å². The topological polar surface area (TPSA) is 4.93 Å². The molecule has 2 aliphatic rings. The third kappa shape index (κ3) is 5.11. The van der Waals surface area contributed by atoms with Crippen molar-refractivity contribution in [1.29, 1.82) is 0 Å². The molecule has 0 aliphatic heterocycles. The molecule has 2 unspecified atom stereocenters. The Labute approximate surface area is 373 Å². The summed E-state index contributed by atoms with van der Waals surface area (Å²) < 4.78 is 4.62. The van der Waals surface area contributed by atoms with Gasteiger partial charge in [0.05, 0.1) is 21.9 Å². The molecule has 12 rings (SSSR count). The Hall–Kier alpha value is -6.26. The molecule has 0 radical (unpaired) electrons. The number of fused-ring (bicyclic) bond motifs is 9. The van der Waals surface area contributed by atoms with Crippen molar-refractivity contribution < 1.29 is 0 Å². The van der Waals surface area contributed by atoms with Crippen molar-refractivity contribution in [2.75, 3.05) is 0 Å². The Morgan fingerprint density at radius 3 is 1.20 bits per heavy atom. The highest BCUT2D eigenvalue weighted by molar-refractivity contribution is 9.10. The Morgan fingerprint density at radius 2 is 0.738 bits per heavy atom. The molecule has 0 amide bonds. The first kappa shape index (κ1) is 36.6. The van der Waals surface area contributed by atoms with Crippen LogP contribution in [0.4, 0.5) is 0 Å². The number of aryl methyl sites for hydroxylation is 2. The first-order valence-corrected chi connectivity index (χ1v) is 22.5. The van der Waals surface area contributed by atoms with Gasteiger partial charge in [-0.1, -0.05) is 183 Å². The van der Waals surface area contributed by atoms with Crippen LogP contribution in [0, 0.1) is 13.8 Å². The number of hydrogen-bond donors (Lipinski definition) is 0. The van der Waals surface area contributed by atoms with E-state index in [1.807, 2.05) is 0 Å². The highest BCUT2D eigenvalue weighted by atomic mass is 79.9. The molecular weight excluding hydrogens is 870 g/mol. The molecule has 2 atom stereocenters. The molecule has 10 aromatic rings. The second-order valence-corrected chi connectivity index (χ2v) is 18.7. The van der Waals surface area contributed by atoms with Crippen molar-refractivity contribution >= 4 is 53.7 Å². The average molecular weight is 910 g/mol. The van der Waals surface area contributed by atoms with Crippen LogP contribution in [0.5, 0.6) is 0 Å². The fraction of sp³-hybridized carbons (Fsp3) is 0.0690. The minimum Gasteiger partial charge on any atom is -0.309 e. The van der Waals surface area contributed by atoms with Crippen LogP contribution in [-0.4, -0.2) is 4.57 Å². The van der Waals surface area contributed by atoms with Gasteiger partial charge in [-0.05, 0) is 141 Å². The van der Waals surface area contributed by atoms with E-state index in [-0.39, 0.29) is 0 Å². The van der Waals surface area contributed by atoms with Gasteiger partial charge in [-0.3, -0.25) is 0 Å². The van der Waals surface area contributed by atoms with Crippen molar-refractivity contribution in [3.8, 4) is 27.9 Å². The molecule has 290 valence electrons. The molecule has 1 heterocycles. The summed E-state index contributed by atoms with van der Waals surface area (Å²) in [5.41, 5.74) is 20.3. The van der Waals surface area contributed by atoms with Crippen LogP contribution in [0.2, 0.25) is 0 Å². The van der Waals surface area contributed by atoms with Crippen LogP contribution in [0.15, 0.2) is 209 Å². The standard InChI is InChI=1S/C58H39Br2N/c1-36-16-20-38(21-17-36)57(51-14-8-6-12-45(51)47-34-42(59)26-28-53(47)57)40-24-30-55-49(32-40)50-33-41(25-31-56(50)61(55)44-10-4-3-5-11-44)58(39-22-18-37(2)19-23-39)52-15-9-7-13-46(52)48-35-43(60)27-29-54(48)58/h3-35H,1-2H3. The minimum atomic E-state index is -0.535. The third-order valence-corrected chi connectivity index (χ3v) is 14.6. The highest BCUT2D eigenvalue weighted by Crippen LogP contribution is 2.59. The summed E-state index contributed by atoms with van der Waals surface area (Å²) in [5.74, 6) is 0. The summed E-state index contributed by atoms with van der Waals surface area (Å²) in [6.07, 6.45) is 0. The minimum absolute atomic E-state index is 0.535. The van der Waals surface area contributed by atoms with Gasteiger partial charge < -0.3 is 4.57 Å². The van der Waals surface area contributed by atoms with Crippen LogP contribution >= 0.6 is 31.9 Å². The number of hydrogen-bond acceptors (Lipinski definition) is 0. The van der Waals surface area contributed by atoms with Gasteiger partial charge >= 0.3 is 0 Å². The summed E-state index contributed by atoms with van der Waals surface area (Å²) in [7, 11) is 0. The third-order valence-electron chi connectivity index (χ3n) is 13.6. The maximum atomic E-state index is 3.84. The van der Waals surface area contributed by atoms with E-state index in [1.165, 1.54) is 99.7 Å². The number of nitrogens with zero attached hydrogens (tertiary/aromatic N) is 1. The fourth-order valence-corrected chi connectivity index (χ4v) is 11.8. The van der Waals surface area contributed by atoms with Crippen LogP contribution in [-0.2, 0) is 10.8 Å². The SMILES string of the molecule is Cc1ccc(C2(c3ccc4c(c3)c3cc(C5(c6ccc(C)cc6)c6ccccc6-c6cc(Br)ccc65)ccc3n4-c3ccccc3)c3ccccc3-c3cc(Br)ccc32)cc1. The van der Waals surface area contributed by atoms with Crippen LogP contribution in [0.1, 0.15) is 55.6 Å². The Morgan fingerprint density at radius 1 is 0.344 bits per heavy atom. The van der Waals surface area contributed by atoms with Crippen LogP contribution in [0.3, 0.4) is 0 Å². The van der Waals surface area contributed by atoms with Crippen molar-refractivity contribution in [2.24, 2.45) is 0 Å². The lowest BCUT2D eigenvalue weighted by molar-refractivity contribution is 0.769. The molecule has 0 spiro atoms. The molecular formula is C58H39Br2N. The first-order valence-electron chi connectivity index (χ1n) is 21.0. The number of para-hydroxylation sites is 1. The maximum absolute atomic E-state index is 3.84. The Bertz CT molecular complexity index is 3190. The van der Waals surface area contributed by atoms with Gasteiger partial charge in [0.1, 0.15) is 0 Å². The quantitative estimate of drug-likeness (QED) is 0.162. The zero-order chi connectivity index (χ0) is 41.0. The molecule has 1 nitrogen and oxygen atoms in total. The van der Waals surface area contributed by atoms with Crippen molar-refractivity contribution in [1.82, 2.24) is 4.57 Å². The summed E-state index contributed by atoms with van der Waals surface area (Å²) >= 11 is 7.68. The van der Waals surface area contributed by atoms with E-state index < -0.39 is 10.8 Å². The molecule has 0 saturated heterocycles. The monoisotopic (exact) mass is 907 g/mol. The summed E-state index contributed by atoms with van der Waals surface area (Å²) in [4.78, 5) is 0. The molecule has 0 bridgehead atoms. The van der Waals surface area contributed by atoms with Crippen molar-refractivity contribution in [3.63, 3.8) is 0 Å². The molecule has 2 aliphatic carbocycles. The molecule has 0 saturated carbocycles. The Kier molecular flexibility index (Phi) is 8.17. The summed E-state index contributed by atoms with van der Waals surface area (Å²) in [6, 6.07) is 75.6. The van der Waals surface area contributed by atoms with E-state index in [9.17, 15) is 0 Å². The van der Waals surface area contributed by atoms with Gasteiger partial charge in [0.15, 0.2) is 0 Å². The lowest BCUT2D eigenvalue weighted by Crippen LogP contribution is -2.28. The molecule has 0 fully saturated rings. The average Bonchev–Trinajstić information content (AvgIpc) is 3.89. The predicted octanol–water partition coefficient (Wildman–Crippen LogP) is 15.7. The second kappa shape index (κ2) is 13.6. The molecule has 1 aromatic heterocycles. The Balaban J connectivity index is 1.21. The van der Waals surface area contributed by atoms with Crippen molar-refractivity contribution in [3.05, 3.63) is 265 Å². The van der Waals surface area contributed by atoms with Gasteiger partial charge in [0, 0.05) is 25.4 Å². The van der Waals surface area contributed by atoms with E-state index in [4.69, 9.17) is 0 Å². The van der Waals surface area contributed by atoms with Gasteiger partial charge in [0.2, 0.25) is 0 Å². The van der Waals surface area contributed by atoms with E-state index in [0.717, 1.165) is 14.6 Å². The molecule has 61 heavy (non-hydrogen) atoms. The smallest absolute Gasteiger partial charge is 0.0713 e. The normalized spacial score (nSPS) is 17.3. The van der Waals surface area contributed by atoms with Crippen molar-refractivity contribution in [2.45, 2.75) is 24.7 Å². The summed E-state index contributed by atoms with van der Waals surface area (Å²) in [5, 5.41) is 2.46.